The fourth-order valence-corrected chi connectivity index (χ4v) is 1.65. The molecule has 5 N–H and O–H groups in total. The van der Waals surface area contributed by atoms with Crippen molar-refractivity contribution in [3.63, 3.8) is 0 Å². The predicted molar refractivity (Wildman–Crippen MR) is 72.5 cm³/mol. The van der Waals surface area contributed by atoms with Gasteiger partial charge in [0.25, 0.3) is 5.91 Å². The SMILES string of the molecule is CCCCN(CC(N)=O)C(=O)c1ccc(N)c(O)c1. The summed E-state index contributed by atoms with van der Waals surface area (Å²) in [5.41, 5.74) is 11.1. The lowest BCUT2D eigenvalue weighted by Gasteiger charge is -2.21. The molecule has 0 aliphatic heterocycles. The number of hydrogen-bond donors (Lipinski definition) is 3. The van der Waals surface area contributed by atoms with Crippen molar-refractivity contribution >= 4 is 17.5 Å². The van der Waals surface area contributed by atoms with E-state index in [0.29, 0.717) is 6.54 Å². The van der Waals surface area contributed by atoms with Crippen molar-refractivity contribution in [3.8, 4) is 5.75 Å². The number of aromatic hydroxyl groups is 1. The van der Waals surface area contributed by atoms with Gasteiger partial charge in [0, 0.05) is 12.1 Å². The van der Waals surface area contributed by atoms with Crippen molar-refractivity contribution in [2.24, 2.45) is 5.73 Å². The number of carbonyl (C=O) groups excluding carboxylic acids is 2. The minimum Gasteiger partial charge on any atom is -0.506 e. The Bertz CT molecular complexity index is 474. The number of anilines is 1. The molecule has 0 saturated carbocycles. The van der Waals surface area contributed by atoms with Crippen LogP contribution in [0.25, 0.3) is 0 Å². The molecule has 104 valence electrons. The maximum atomic E-state index is 12.2. The highest BCUT2D eigenvalue weighted by molar-refractivity contribution is 5.97. The Morgan fingerprint density at radius 2 is 2.05 bits per heavy atom. The van der Waals surface area contributed by atoms with Crippen LogP contribution < -0.4 is 11.5 Å². The van der Waals surface area contributed by atoms with Crippen molar-refractivity contribution in [2.45, 2.75) is 19.8 Å². The van der Waals surface area contributed by atoms with E-state index in [1.165, 1.54) is 23.1 Å². The summed E-state index contributed by atoms with van der Waals surface area (Å²) in [6.07, 6.45) is 1.68. The van der Waals surface area contributed by atoms with Crippen molar-refractivity contribution in [3.05, 3.63) is 23.8 Å². The van der Waals surface area contributed by atoms with Gasteiger partial charge in [0.05, 0.1) is 12.2 Å². The Labute approximate surface area is 112 Å². The lowest BCUT2D eigenvalue weighted by molar-refractivity contribution is -0.118. The summed E-state index contributed by atoms with van der Waals surface area (Å²) >= 11 is 0. The summed E-state index contributed by atoms with van der Waals surface area (Å²) < 4.78 is 0. The largest absolute Gasteiger partial charge is 0.506 e. The van der Waals surface area contributed by atoms with E-state index in [9.17, 15) is 14.7 Å². The summed E-state index contributed by atoms with van der Waals surface area (Å²) in [4.78, 5) is 24.6. The van der Waals surface area contributed by atoms with Crippen molar-refractivity contribution < 1.29 is 14.7 Å². The summed E-state index contributed by atoms with van der Waals surface area (Å²) in [5, 5.41) is 9.50. The van der Waals surface area contributed by atoms with Crippen molar-refractivity contribution in [1.82, 2.24) is 4.90 Å². The average Bonchev–Trinajstić information content (AvgIpc) is 2.36. The molecule has 0 unspecified atom stereocenters. The molecule has 1 rings (SSSR count). The Kier molecular flexibility index (Phi) is 5.17. The molecule has 0 saturated heterocycles. The first-order chi connectivity index (χ1) is 8.95. The van der Waals surface area contributed by atoms with Crippen LogP contribution in [0.2, 0.25) is 0 Å². The normalized spacial score (nSPS) is 10.2. The van der Waals surface area contributed by atoms with Gasteiger partial charge in [-0.3, -0.25) is 9.59 Å². The molecule has 0 heterocycles. The quantitative estimate of drug-likeness (QED) is 0.519. The Morgan fingerprint density at radius 3 is 2.58 bits per heavy atom. The zero-order valence-corrected chi connectivity index (χ0v) is 10.9. The highest BCUT2D eigenvalue weighted by atomic mass is 16.3. The van der Waals surface area contributed by atoms with Crippen LogP contribution in [0.3, 0.4) is 0 Å². The molecule has 0 aliphatic rings. The summed E-state index contributed by atoms with van der Waals surface area (Å²) in [6, 6.07) is 4.25. The molecule has 19 heavy (non-hydrogen) atoms. The van der Waals surface area contributed by atoms with Crippen LogP contribution in [-0.2, 0) is 4.79 Å². The van der Waals surface area contributed by atoms with E-state index in [1.54, 1.807) is 0 Å². The predicted octanol–water partition coefficient (Wildman–Crippen LogP) is 0.702. The molecule has 6 heteroatoms. The highest BCUT2D eigenvalue weighted by Gasteiger charge is 2.18. The zero-order valence-electron chi connectivity index (χ0n) is 10.9. The molecule has 6 nitrogen and oxygen atoms in total. The Morgan fingerprint density at radius 1 is 1.37 bits per heavy atom. The van der Waals surface area contributed by atoms with Crippen LogP contribution in [0.15, 0.2) is 18.2 Å². The molecule has 1 aromatic rings. The standard InChI is InChI=1S/C13H19N3O3/c1-2-3-6-16(8-12(15)18)13(19)9-4-5-10(14)11(17)7-9/h4-5,7,17H,2-3,6,8,14H2,1H3,(H2,15,18). The van der Waals surface area contributed by atoms with Gasteiger partial charge in [-0.25, -0.2) is 0 Å². The van der Waals surface area contributed by atoms with Gasteiger partial charge >= 0.3 is 0 Å². The molecule has 1 aromatic carbocycles. The topological polar surface area (TPSA) is 110 Å². The fourth-order valence-electron chi connectivity index (χ4n) is 1.65. The average molecular weight is 265 g/mol. The molecular formula is C13H19N3O3. The lowest BCUT2D eigenvalue weighted by atomic mass is 10.1. The monoisotopic (exact) mass is 265 g/mol. The van der Waals surface area contributed by atoms with Gasteiger partial charge in [-0.05, 0) is 24.6 Å². The van der Waals surface area contributed by atoms with Crippen LogP contribution in [0.4, 0.5) is 5.69 Å². The van der Waals surface area contributed by atoms with Crippen LogP contribution in [-0.4, -0.2) is 34.9 Å². The number of phenolic OH excluding ortho intramolecular Hbond substituents is 1. The van der Waals surface area contributed by atoms with E-state index in [-0.39, 0.29) is 29.5 Å². The van der Waals surface area contributed by atoms with Gasteiger partial charge in [-0.15, -0.1) is 0 Å². The van der Waals surface area contributed by atoms with E-state index in [1.807, 2.05) is 6.92 Å². The third-order valence-electron chi connectivity index (χ3n) is 2.69. The fraction of sp³-hybridized carbons (Fsp3) is 0.385. The molecule has 0 atom stereocenters. The number of amides is 2. The van der Waals surface area contributed by atoms with E-state index >= 15 is 0 Å². The molecular weight excluding hydrogens is 246 g/mol. The van der Waals surface area contributed by atoms with E-state index in [2.05, 4.69) is 0 Å². The molecule has 0 bridgehead atoms. The number of rotatable bonds is 6. The van der Waals surface area contributed by atoms with Crippen LogP contribution >= 0.6 is 0 Å². The van der Waals surface area contributed by atoms with E-state index < -0.39 is 5.91 Å². The van der Waals surface area contributed by atoms with Crippen LogP contribution in [0.5, 0.6) is 5.75 Å². The number of phenols is 1. The second kappa shape index (κ2) is 6.63. The third-order valence-corrected chi connectivity index (χ3v) is 2.69. The molecule has 0 spiro atoms. The van der Waals surface area contributed by atoms with Crippen LogP contribution in [0, 0.1) is 0 Å². The van der Waals surface area contributed by atoms with E-state index in [4.69, 9.17) is 11.5 Å². The first-order valence-corrected chi connectivity index (χ1v) is 6.11. The molecule has 2 amide bonds. The van der Waals surface area contributed by atoms with Gasteiger partial charge in [-0.2, -0.15) is 0 Å². The summed E-state index contributed by atoms with van der Waals surface area (Å²) in [7, 11) is 0. The summed E-state index contributed by atoms with van der Waals surface area (Å²) in [6.45, 7) is 2.30. The van der Waals surface area contributed by atoms with Gasteiger partial charge < -0.3 is 21.5 Å². The molecule has 0 aromatic heterocycles. The molecule has 0 radical (unpaired) electrons. The maximum absolute atomic E-state index is 12.2. The summed E-state index contributed by atoms with van der Waals surface area (Å²) in [5.74, 6) is -1.06. The highest BCUT2D eigenvalue weighted by Crippen LogP contribution is 2.21. The van der Waals surface area contributed by atoms with E-state index in [0.717, 1.165) is 12.8 Å². The Balaban J connectivity index is 2.90. The number of nitrogens with zero attached hydrogens (tertiary/aromatic N) is 1. The van der Waals surface area contributed by atoms with Gasteiger partial charge in [0.2, 0.25) is 5.91 Å². The zero-order chi connectivity index (χ0) is 14.4. The van der Waals surface area contributed by atoms with Crippen LogP contribution in [0.1, 0.15) is 30.1 Å². The van der Waals surface area contributed by atoms with Gasteiger partial charge in [0.15, 0.2) is 0 Å². The maximum Gasteiger partial charge on any atom is 0.254 e. The minimum absolute atomic E-state index is 0.135. The molecule has 0 fully saturated rings. The number of carbonyl (C=O) groups is 2. The number of benzene rings is 1. The Hall–Kier alpha value is -2.24. The first-order valence-electron chi connectivity index (χ1n) is 6.11. The third kappa shape index (κ3) is 4.17. The van der Waals surface area contributed by atoms with Gasteiger partial charge in [0.1, 0.15) is 5.75 Å². The smallest absolute Gasteiger partial charge is 0.254 e. The number of primary amides is 1. The second-order valence-electron chi connectivity index (χ2n) is 4.32. The van der Waals surface area contributed by atoms with Crippen molar-refractivity contribution in [1.29, 1.82) is 0 Å². The number of nitrogen functional groups attached to an aromatic ring is 1. The number of hydrogen-bond acceptors (Lipinski definition) is 4. The minimum atomic E-state index is -0.566. The van der Waals surface area contributed by atoms with Gasteiger partial charge in [-0.1, -0.05) is 13.3 Å². The second-order valence-corrected chi connectivity index (χ2v) is 4.32. The lowest BCUT2D eigenvalue weighted by Crippen LogP contribution is -2.39. The number of nitrogens with two attached hydrogens (primary N) is 2. The van der Waals surface area contributed by atoms with Crippen molar-refractivity contribution in [2.75, 3.05) is 18.8 Å². The first kappa shape index (κ1) is 14.8. The number of unbranched alkanes of at least 4 members (excludes halogenated alkanes) is 1. The molecule has 0 aliphatic carbocycles.